The molecule has 2 N–H and O–H groups in total. The highest BCUT2D eigenvalue weighted by molar-refractivity contribution is 5.73. The number of hydrogen-bond donors (Lipinski definition) is 2. The zero-order valence-corrected chi connectivity index (χ0v) is 13.2. The highest BCUT2D eigenvalue weighted by Gasteiger charge is 2.19. The molecule has 0 saturated carbocycles. The maximum absolute atomic E-state index is 11.2. The Morgan fingerprint density at radius 3 is 2.30 bits per heavy atom. The Kier molecular flexibility index (Phi) is 11.7. The van der Waals surface area contributed by atoms with E-state index < -0.39 is 12.0 Å². The van der Waals surface area contributed by atoms with Gasteiger partial charge >= 0.3 is 5.97 Å². The molecule has 0 fully saturated rings. The molecule has 0 aromatic carbocycles. The van der Waals surface area contributed by atoms with Gasteiger partial charge in [-0.25, -0.2) is 0 Å². The molecule has 0 radical (unpaired) electrons. The Labute approximate surface area is 122 Å². The van der Waals surface area contributed by atoms with Crippen molar-refractivity contribution in [1.82, 2.24) is 10.2 Å². The molecule has 120 valence electrons. The summed E-state index contributed by atoms with van der Waals surface area (Å²) in [4.78, 5) is 13.4. The van der Waals surface area contributed by atoms with Crippen molar-refractivity contribution < 1.29 is 19.4 Å². The number of aliphatic carboxylic acids is 1. The Morgan fingerprint density at radius 2 is 1.80 bits per heavy atom. The van der Waals surface area contributed by atoms with Gasteiger partial charge in [0.2, 0.25) is 0 Å². The van der Waals surface area contributed by atoms with Gasteiger partial charge < -0.3 is 24.8 Å². The van der Waals surface area contributed by atoms with Crippen molar-refractivity contribution in [3.05, 3.63) is 0 Å². The normalized spacial score (nSPS) is 13.1. The van der Waals surface area contributed by atoms with Crippen LogP contribution < -0.4 is 5.32 Å². The summed E-state index contributed by atoms with van der Waals surface area (Å²) < 4.78 is 10.1. The fourth-order valence-electron chi connectivity index (χ4n) is 1.98. The Morgan fingerprint density at radius 1 is 1.15 bits per heavy atom. The second-order valence-corrected chi connectivity index (χ2v) is 5.18. The van der Waals surface area contributed by atoms with Gasteiger partial charge in [-0.2, -0.15) is 0 Å². The Hall–Kier alpha value is -0.690. The molecule has 0 aliphatic heterocycles. The van der Waals surface area contributed by atoms with Crippen molar-refractivity contribution >= 4 is 5.97 Å². The summed E-state index contributed by atoms with van der Waals surface area (Å²) in [5.41, 5.74) is 0. The van der Waals surface area contributed by atoms with Crippen LogP contribution in [0.2, 0.25) is 0 Å². The molecule has 0 amide bonds. The third-order valence-electron chi connectivity index (χ3n) is 3.00. The van der Waals surface area contributed by atoms with E-state index in [0.717, 1.165) is 32.7 Å². The van der Waals surface area contributed by atoms with Crippen LogP contribution in [0.25, 0.3) is 0 Å². The maximum atomic E-state index is 11.2. The van der Waals surface area contributed by atoms with E-state index in [1.54, 1.807) is 14.2 Å². The Bertz CT molecular complexity index is 249. The first kappa shape index (κ1) is 19.3. The Balaban J connectivity index is 4.20. The van der Waals surface area contributed by atoms with Gasteiger partial charge in [0.1, 0.15) is 6.04 Å². The first-order valence-corrected chi connectivity index (χ1v) is 7.20. The quantitative estimate of drug-likeness (QED) is 0.489. The minimum Gasteiger partial charge on any atom is -0.480 e. The van der Waals surface area contributed by atoms with Crippen molar-refractivity contribution in [2.45, 2.75) is 38.8 Å². The van der Waals surface area contributed by atoms with E-state index in [2.05, 4.69) is 10.2 Å². The third kappa shape index (κ3) is 10.1. The average molecular weight is 290 g/mol. The zero-order chi connectivity index (χ0) is 15.4. The lowest BCUT2D eigenvalue weighted by Crippen LogP contribution is -2.43. The van der Waals surface area contributed by atoms with Gasteiger partial charge in [0.25, 0.3) is 0 Å². The summed E-state index contributed by atoms with van der Waals surface area (Å²) >= 11 is 0. The number of carbonyl (C=O) groups is 1. The van der Waals surface area contributed by atoms with Crippen LogP contribution in [0.3, 0.4) is 0 Å². The van der Waals surface area contributed by atoms with Crippen molar-refractivity contribution in [2.24, 2.45) is 0 Å². The number of nitrogens with one attached hydrogen (secondary N) is 1. The van der Waals surface area contributed by atoms with E-state index >= 15 is 0 Å². The number of rotatable bonds is 13. The number of nitrogens with zero attached hydrogens (tertiary/aromatic N) is 1. The van der Waals surface area contributed by atoms with Crippen LogP contribution in [-0.4, -0.2) is 75.1 Å². The zero-order valence-electron chi connectivity index (χ0n) is 13.2. The minimum atomic E-state index is -0.790. The van der Waals surface area contributed by atoms with Gasteiger partial charge in [-0.15, -0.1) is 0 Å². The minimum absolute atomic E-state index is 0.164. The number of ether oxygens (including phenoxy) is 2. The molecule has 0 rings (SSSR count). The van der Waals surface area contributed by atoms with Crippen LogP contribution in [0.1, 0.15) is 26.7 Å². The molecule has 0 spiro atoms. The third-order valence-corrected chi connectivity index (χ3v) is 3.00. The lowest BCUT2D eigenvalue weighted by molar-refractivity contribution is -0.140. The summed E-state index contributed by atoms with van der Waals surface area (Å²) in [6, 6.07) is -0.334. The van der Waals surface area contributed by atoms with Gasteiger partial charge in [-0.05, 0) is 12.8 Å². The first-order chi connectivity index (χ1) is 9.51. The molecule has 20 heavy (non-hydrogen) atoms. The van der Waals surface area contributed by atoms with Crippen molar-refractivity contribution in [2.75, 3.05) is 47.1 Å². The van der Waals surface area contributed by atoms with Crippen LogP contribution >= 0.6 is 0 Å². The predicted molar refractivity (Wildman–Crippen MR) is 79.1 cm³/mol. The molecule has 0 bridgehead atoms. The highest BCUT2D eigenvalue weighted by atomic mass is 16.5. The predicted octanol–water partition coefficient (Wildman–Crippen LogP) is 0.813. The summed E-state index contributed by atoms with van der Waals surface area (Å²) in [5, 5.41) is 12.3. The number of hydrogen-bond acceptors (Lipinski definition) is 5. The smallest absolute Gasteiger partial charge is 0.320 e. The van der Waals surface area contributed by atoms with E-state index in [1.807, 2.05) is 13.8 Å². The van der Waals surface area contributed by atoms with Crippen LogP contribution in [0.5, 0.6) is 0 Å². The molecular formula is C14H30N2O4. The summed E-state index contributed by atoms with van der Waals surface area (Å²) in [5.74, 6) is -0.790. The van der Waals surface area contributed by atoms with Gasteiger partial charge in [0.15, 0.2) is 0 Å². The molecular weight excluding hydrogens is 260 g/mol. The molecule has 1 atom stereocenters. The first-order valence-electron chi connectivity index (χ1n) is 7.20. The monoisotopic (exact) mass is 290 g/mol. The summed E-state index contributed by atoms with van der Waals surface area (Å²) in [7, 11) is 3.36. The largest absolute Gasteiger partial charge is 0.480 e. The van der Waals surface area contributed by atoms with Gasteiger partial charge in [0, 0.05) is 46.5 Å². The summed E-state index contributed by atoms with van der Waals surface area (Å²) in [6.45, 7) is 7.73. The number of methoxy groups -OCH3 is 2. The van der Waals surface area contributed by atoms with Gasteiger partial charge in [-0.3, -0.25) is 4.79 Å². The van der Waals surface area contributed by atoms with Crippen LogP contribution in [0, 0.1) is 0 Å². The molecule has 0 aromatic rings. The maximum Gasteiger partial charge on any atom is 0.320 e. The molecule has 6 nitrogen and oxygen atoms in total. The van der Waals surface area contributed by atoms with E-state index in [0.29, 0.717) is 13.0 Å². The van der Waals surface area contributed by atoms with E-state index in [9.17, 15) is 9.90 Å². The fourth-order valence-corrected chi connectivity index (χ4v) is 1.98. The van der Waals surface area contributed by atoms with Crippen LogP contribution in [0.4, 0.5) is 0 Å². The molecule has 0 aliphatic rings. The number of carboxylic acids is 1. The number of carboxylic acid groups (broad SMARTS) is 1. The van der Waals surface area contributed by atoms with Crippen molar-refractivity contribution in [1.29, 1.82) is 0 Å². The molecule has 0 aromatic heterocycles. The highest BCUT2D eigenvalue weighted by Crippen LogP contribution is 2.01. The molecule has 1 unspecified atom stereocenters. The SMILES string of the molecule is COCCCN(CCOC)CCC(NC(C)C)C(=O)O. The average Bonchev–Trinajstić information content (AvgIpc) is 2.39. The van der Waals surface area contributed by atoms with E-state index in [4.69, 9.17) is 9.47 Å². The second-order valence-electron chi connectivity index (χ2n) is 5.18. The molecule has 0 saturated heterocycles. The standard InChI is InChI=1S/C14H30N2O4/c1-12(2)15-13(14(17)18)6-8-16(9-11-20-4)7-5-10-19-3/h12-13,15H,5-11H2,1-4H3,(H,17,18). The summed E-state index contributed by atoms with van der Waals surface area (Å²) in [6.07, 6.45) is 1.53. The topological polar surface area (TPSA) is 71.0 Å². The lowest BCUT2D eigenvalue weighted by Gasteiger charge is -2.24. The van der Waals surface area contributed by atoms with Gasteiger partial charge in [-0.1, -0.05) is 13.8 Å². The van der Waals surface area contributed by atoms with Crippen LogP contribution in [-0.2, 0) is 14.3 Å². The van der Waals surface area contributed by atoms with E-state index in [1.165, 1.54) is 0 Å². The molecule has 6 heteroatoms. The van der Waals surface area contributed by atoms with Crippen LogP contribution in [0.15, 0.2) is 0 Å². The molecule has 0 heterocycles. The fraction of sp³-hybridized carbons (Fsp3) is 0.929. The van der Waals surface area contributed by atoms with Crippen molar-refractivity contribution in [3.8, 4) is 0 Å². The molecule has 0 aliphatic carbocycles. The van der Waals surface area contributed by atoms with E-state index in [-0.39, 0.29) is 6.04 Å². The second kappa shape index (κ2) is 12.1. The van der Waals surface area contributed by atoms with Gasteiger partial charge in [0.05, 0.1) is 6.61 Å². The van der Waals surface area contributed by atoms with Crippen molar-refractivity contribution in [3.63, 3.8) is 0 Å². The lowest BCUT2D eigenvalue weighted by atomic mass is 10.1.